The van der Waals surface area contributed by atoms with Crippen molar-refractivity contribution in [1.29, 1.82) is 0 Å². The molecule has 1 aromatic rings. The molecule has 0 bridgehead atoms. The van der Waals surface area contributed by atoms with E-state index in [-0.39, 0.29) is 6.61 Å². The SMILES string of the molecule is CCOc1cccc(C(N)COCC(F)(F)C(F)F)c1. The Bertz CT molecular complexity index is 415. The van der Waals surface area contributed by atoms with Crippen molar-refractivity contribution in [2.24, 2.45) is 5.73 Å². The largest absolute Gasteiger partial charge is 0.494 e. The Kier molecular flexibility index (Phi) is 6.22. The van der Waals surface area contributed by atoms with Crippen LogP contribution in [0.1, 0.15) is 18.5 Å². The summed E-state index contributed by atoms with van der Waals surface area (Å²) in [5, 5.41) is 0. The highest BCUT2D eigenvalue weighted by Crippen LogP contribution is 2.24. The van der Waals surface area contributed by atoms with Gasteiger partial charge in [-0.1, -0.05) is 12.1 Å². The van der Waals surface area contributed by atoms with Gasteiger partial charge in [-0.05, 0) is 24.6 Å². The van der Waals surface area contributed by atoms with E-state index in [4.69, 9.17) is 10.5 Å². The monoisotopic (exact) mass is 295 g/mol. The Labute approximate surface area is 114 Å². The van der Waals surface area contributed by atoms with Gasteiger partial charge in [0.15, 0.2) is 0 Å². The smallest absolute Gasteiger partial charge is 0.330 e. The van der Waals surface area contributed by atoms with E-state index in [0.717, 1.165) is 0 Å². The molecule has 0 aliphatic rings. The summed E-state index contributed by atoms with van der Waals surface area (Å²) >= 11 is 0. The van der Waals surface area contributed by atoms with Crippen LogP contribution in [0.25, 0.3) is 0 Å². The van der Waals surface area contributed by atoms with Crippen LogP contribution in [0.2, 0.25) is 0 Å². The van der Waals surface area contributed by atoms with Crippen LogP contribution in [-0.4, -0.2) is 32.2 Å². The summed E-state index contributed by atoms with van der Waals surface area (Å²) in [6, 6.07) is 6.08. The van der Waals surface area contributed by atoms with Gasteiger partial charge in [-0.3, -0.25) is 0 Å². The Hall–Kier alpha value is -1.34. The van der Waals surface area contributed by atoms with E-state index in [1.54, 1.807) is 24.3 Å². The van der Waals surface area contributed by atoms with E-state index in [1.165, 1.54) is 0 Å². The lowest BCUT2D eigenvalue weighted by Crippen LogP contribution is -2.33. The molecule has 0 radical (unpaired) electrons. The number of alkyl halides is 4. The lowest BCUT2D eigenvalue weighted by molar-refractivity contribution is -0.166. The average molecular weight is 295 g/mol. The Morgan fingerprint density at radius 1 is 1.30 bits per heavy atom. The predicted octanol–water partition coefficient (Wildman–Crippen LogP) is 3.00. The van der Waals surface area contributed by atoms with Crippen LogP contribution in [0, 0.1) is 0 Å². The molecule has 3 nitrogen and oxygen atoms in total. The first-order valence-electron chi connectivity index (χ1n) is 6.09. The molecule has 0 spiro atoms. The zero-order valence-corrected chi connectivity index (χ0v) is 11.0. The molecule has 1 aromatic carbocycles. The second-order valence-electron chi connectivity index (χ2n) is 4.19. The minimum absolute atomic E-state index is 0.280. The zero-order chi connectivity index (χ0) is 15.2. The van der Waals surface area contributed by atoms with Gasteiger partial charge in [-0.25, -0.2) is 8.78 Å². The van der Waals surface area contributed by atoms with Gasteiger partial charge in [-0.2, -0.15) is 8.78 Å². The number of benzene rings is 1. The van der Waals surface area contributed by atoms with E-state index >= 15 is 0 Å². The lowest BCUT2D eigenvalue weighted by Gasteiger charge is -2.18. The highest BCUT2D eigenvalue weighted by molar-refractivity contribution is 5.30. The Morgan fingerprint density at radius 3 is 2.60 bits per heavy atom. The number of nitrogens with two attached hydrogens (primary N) is 1. The molecule has 2 N–H and O–H groups in total. The third kappa shape index (κ3) is 4.97. The summed E-state index contributed by atoms with van der Waals surface area (Å²) in [6.45, 7) is 0.666. The van der Waals surface area contributed by atoms with Crippen molar-refractivity contribution in [3.63, 3.8) is 0 Å². The van der Waals surface area contributed by atoms with Crippen molar-refractivity contribution < 1.29 is 27.0 Å². The third-order valence-electron chi connectivity index (χ3n) is 2.51. The van der Waals surface area contributed by atoms with Crippen molar-refractivity contribution in [2.75, 3.05) is 19.8 Å². The van der Waals surface area contributed by atoms with Gasteiger partial charge < -0.3 is 15.2 Å². The molecule has 0 saturated carbocycles. The van der Waals surface area contributed by atoms with Gasteiger partial charge in [0, 0.05) is 0 Å². The predicted molar refractivity (Wildman–Crippen MR) is 66.3 cm³/mol. The van der Waals surface area contributed by atoms with Gasteiger partial charge in [0.25, 0.3) is 0 Å². The molecule has 0 amide bonds. The molecule has 7 heteroatoms. The summed E-state index contributed by atoms with van der Waals surface area (Å²) in [5.74, 6) is -3.56. The van der Waals surface area contributed by atoms with E-state index in [1.807, 2.05) is 6.92 Å². The van der Waals surface area contributed by atoms with Crippen molar-refractivity contribution in [3.8, 4) is 5.75 Å². The van der Waals surface area contributed by atoms with Gasteiger partial charge in [0.1, 0.15) is 12.4 Å². The number of rotatable bonds is 8. The maximum atomic E-state index is 12.6. The number of ether oxygens (including phenoxy) is 2. The first-order chi connectivity index (χ1) is 9.36. The minimum atomic E-state index is -4.16. The quantitative estimate of drug-likeness (QED) is 0.750. The molecular weight excluding hydrogens is 278 g/mol. The molecule has 1 unspecified atom stereocenters. The van der Waals surface area contributed by atoms with Crippen LogP contribution < -0.4 is 10.5 Å². The molecular formula is C13H17F4NO2. The molecule has 1 atom stereocenters. The van der Waals surface area contributed by atoms with Gasteiger partial charge in [-0.15, -0.1) is 0 Å². The molecule has 1 rings (SSSR count). The topological polar surface area (TPSA) is 44.5 Å². The molecule has 0 fully saturated rings. The van der Waals surface area contributed by atoms with Crippen molar-refractivity contribution in [2.45, 2.75) is 25.3 Å². The fourth-order valence-electron chi connectivity index (χ4n) is 1.48. The van der Waals surface area contributed by atoms with Gasteiger partial charge in [0.05, 0.1) is 19.3 Å². The minimum Gasteiger partial charge on any atom is -0.494 e. The molecule has 0 saturated heterocycles. The molecule has 0 aromatic heterocycles. The molecule has 0 aliphatic carbocycles. The molecule has 114 valence electrons. The third-order valence-corrected chi connectivity index (χ3v) is 2.51. The van der Waals surface area contributed by atoms with Crippen molar-refractivity contribution >= 4 is 0 Å². The van der Waals surface area contributed by atoms with Crippen LogP contribution in [0.15, 0.2) is 24.3 Å². The van der Waals surface area contributed by atoms with Crippen LogP contribution in [-0.2, 0) is 4.74 Å². The fraction of sp³-hybridized carbons (Fsp3) is 0.538. The average Bonchev–Trinajstić information content (AvgIpc) is 2.39. The summed E-state index contributed by atoms with van der Waals surface area (Å²) in [6.07, 6.45) is -3.75. The first-order valence-corrected chi connectivity index (χ1v) is 6.09. The normalized spacial score (nSPS) is 13.6. The van der Waals surface area contributed by atoms with Crippen molar-refractivity contribution in [3.05, 3.63) is 29.8 Å². The number of hydrogen-bond donors (Lipinski definition) is 1. The second kappa shape index (κ2) is 7.44. The second-order valence-corrected chi connectivity index (χ2v) is 4.19. The molecule has 20 heavy (non-hydrogen) atoms. The Balaban J connectivity index is 2.50. The Morgan fingerprint density at radius 2 is 2.00 bits per heavy atom. The maximum Gasteiger partial charge on any atom is 0.330 e. The van der Waals surface area contributed by atoms with Crippen molar-refractivity contribution in [1.82, 2.24) is 0 Å². The number of hydrogen-bond acceptors (Lipinski definition) is 3. The first kappa shape index (κ1) is 16.7. The van der Waals surface area contributed by atoms with Crippen LogP contribution in [0.5, 0.6) is 5.75 Å². The summed E-state index contributed by atoms with van der Waals surface area (Å²) in [7, 11) is 0. The highest BCUT2D eigenvalue weighted by Gasteiger charge is 2.41. The molecule has 0 heterocycles. The van der Waals surface area contributed by atoms with E-state index < -0.39 is 25.0 Å². The van der Waals surface area contributed by atoms with E-state index in [9.17, 15) is 17.6 Å². The van der Waals surface area contributed by atoms with Crippen LogP contribution >= 0.6 is 0 Å². The number of halogens is 4. The summed E-state index contributed by atoms with van der Waals surface area (Å²) < 4.78 is 58.9. The lowest BCUT2D eigenvalue weighted by atomic mass is 10.1. The van der Waals surface area contributed by atoms with Crippen LogP contribution in [0.4, 0.5) is 17.6 Å². The van der Waals surface area contributed by atoms with Crippen LogP contribution in [0.3, 0.4) is 0 Å². The van der Waals surface area contributed by atoms with E-state index in [2.05, 4.69) is 4.74 Å². The zero-order valence-electron chi connectivity index (χ0n) is 11.0. The van der Waals surface area contributed by atoms with Gasteiger partial charge >= 0.3 is 12.3 Å². The summed E-state index contributed by atoms with van der Waals surface area (Å²) in [4.78, 5) is 0. The van der Waals surface area contributed by atoms with E-state index in [0.29, 0.717) is 17.9 Å². The highest BCUT2D eigenvalue weighted by atomic mass is 19.3. The maximum absolute atomic E-state index is 12.6. The summed E-state index contributed by atoms with van der Waals surface area (Å²) in [5.41, 5.74) is 6.37. The molecule has 0 aliphatic heterocycles. The van der Waals surface area contributed by atoms with Gasteiger partial charge in [0.2, 0.25) is 0 Å². The standard InChI is InChI=1S/C13H17F4NO2/c1-2-20-10-5-3-4-9(6-10)11(18)7-19-8-13(16,17)12(14)15/h3-6,11-12H,2,7-8,18H2,1H3. The fourth-order valence-corrected chi connectivity index (χ4v) is 1.48.